The van der Waals surface area contributed by atoms with E-state index in [-0.39, 0.29) is 17.8 Å². The minimum absolute atomic E-state index is 0.115. The summed E-state index contributed by atoms with van der Waals surface area (Å²) >= 11 is 3.24. The SMILES string of the molecule is CCCC1CCC(NC(=O)c2ccc(F)cc2Br)CC1. The summed E-state index contributed by atoms with van der Waals surface area (Å²) in [6, 6.07) is 4.43. The van der Waals surface area contributed by atoms with Gasteiger partial charge in [0, 0.05) is 10.5 Å². The van der Waals surface area contributed by atoms with Gasteiger partial charge >= 0.3 is 0 Å². The van der Waals surface area contributed by atoms with E-state index in [0.717, 1.165) is 18.8 Å². The summed E-state index contributed by atoms with van der Waals surface area (Å²) in [5.74, 6) is 0.370. The molecule has 1 amide bonds. The lowest BCUT2D eigenvalue weighted by Crippen LogP contribution is -2.37. The van der Waals surface area contributed by atoms with Crippen LogP contribution in [0.15, 0.2) is 22.7 Å². The summed E-state index contributed by atoms with van der Waals surface area (Å²) in [4.78, 5) is 12.2. The Morgan fingerprint density at radius 1 is 1.35 bits per heavy atom. The van der Waals surface area contributed by atoms with E-state index in [0.29, 0.717) is 10.0 Å². The highest BCUT2D eigenvalue weighted by molar-refractivity contribution is 9.10. The first-order chi connectivity index (χ1) is 9.60. The molecule has 1 aliphatic rings. The molecule has 1 saturated carbocycles. The third-order valence-corrected chi connectivity index (χ3v) is 4.71. The normalized spacial score (nSPS) is 22.6. The predicted molar refractivity (Wildman–Crippen MR) is 82.2 cm³/mol. The summed E-state index contributed by atoms with van der Waals surface area (Å²) in [6.45, 7) is 2.22. The van der Waals surface area contributed by atoms with Crippen LogP contribution in [0.25, 0.3) is 0 Å². The van der Waals surface area contributed by atoms with E-state index < -0.39 is 0 Å². The number of benzene rings is 1. The molecule has 0 atom stereocenters. The van der Waals surface area contributed by atoms with Crippen molar-refractivity contribution in [2.75, 3.05) is 0 Å². The van der Waals surface area contributed by atoms with Crippen molar-refractivity contribution in [1.29, 1.82) is 0 Å². The summed E-state index contributed by atoms with van der Waals surface area (Å²) in [5, 5.41) is 3.07. The van der Waals surface area contributed by atoms with Gasteiger partial charge in [0.2, 0.25) is 0 Å². The monoisotopic (exact) mass is 341 g/mol. The first-order valence-corrected chi connectivity index (χ1v) is 8.15. The number of amides is 1. The van der Waals surface area contributed by atoms with E-state index in [4.69, 9.17) is 0 Å². The molecular formula is C16H21BrFNO. The molecule has 0 aromatic heterocycles. The Balaban J connectivity index is 1.89. The van der Waals surface area contributed by atoms with Crippen LogP contribution in [-0.4, -0.2) is 11.9 Å². The van der Waals surface area contributed by atoms with E-state index in [9.17, 15) is 9.18 Å². The lowest BCUT2D eigenvalue weighted by molar-refractivity contribution is 0.0920. The van der Waals surface area contributed by atoms with Crippen LogP contribution in [0.5, 0.6) is 0 Å². The van der Waals surface area contributed by atoms with Gasteiger partial charge in [-0.25, -0.2) is 4.39 Å². The van der Waals surface area contributed by atoms with E-state index in [1.807, 2.05) is 0 Å². The van der Waals surface area contributed by atoms with Crippen LogP contribution in [0, 0.1) is 11.7 Å². The molecule has 0 spiro atoms. The van der Waals surface area contributed by atoms with Crippen molar-refractivity contribution in [2.24, 2.45) is 5.92 Å². The van der Waals surface area contributed by atoms with Crippen molar-refractivity contribution >= 4 is 21.8 Å². The van der Waals surface area contributed by atoms with E-state index in [2.05, 4.69) is 28.2 Å². The zero-order valence-corrected chi connectivity index (χ0v) is 13.4. The molecule has 1 aliphatic carbocycles. The average Bonchev–Trinajstić information content (AvgIpc) is 2.41. The minimum atomic E-state index is -0.339. The van der Waals surface area contributed by atoms with Gasteiger partial charge in [-0.15, -0.1) is 0 Å². The molecule has 0 heterocycles. The maximum Gasteiger partial charge on any atom is 0.252 e. The van der Waals surface area contributed by atoms with Crippen molar-refractivity contribution in [1.82, 2.24) is 5.32 Å². The van der Waals surface area contributed by atoms with Gasteiger partial charge in [-0.2, -0.15) is 0 Å². The van der Waals surface area contributed by atoms with Crippen molar-refractivity contribution in [3.8, 4) is 0 Å². The Kier molecular flexibility index (Phi) is 5.58. The number of rotatable bonds is 4. The van der Waals surface area contributed by atoms with Crippen LogP contribution in [0.3, 0.4) is 0 Å². The van der Waals surface area contributed by atoms with E-state index >= 15 is 0 Å². The second-order valence-corrected chi connectivity index (χ2v) is 6.46. The van der Waals surface area contributed by atoms with E-state index in [1.54, 1.807) is 0 Å². The second-order valence-electron chi connectivity index (χ2n) is 5.60. The third-order valence-electron chi connectivity index (χ3n) is 4.05. The van der Waals surface area contributed by atoms with Crippen molar-refractivity contribution in [2.45, 2.75) is 51.5 Å². The number of hydrogen-bond acceptors (Lipinski definition) is 1. The van der Waals surface area contributed by atoms with Crippen LogP contribution in [0.1, 0.15) is 55.8 Å². The number of carbonyl (C=O) groups is 1. The van der Waals surface area contributed by atoms with Crippen molar-refractivity contribution in [3.05, 3.63) is 34.1 Å². The lowest BCUT2D eigenvalue weighted by atomic mass is 9.83. The lowest BCUT2D eigenvalue weighted by Gasteiger charge is -2.29. The standard InChI is InChI=1S/C16H21BrFNO/c1-2-3-11-4-7-13(8-5-11)19-16(20)14-9-6-12(18)10-15(14)17/h6,9-11,13H,2-5,7-8H2,1H3,(H,19,20). The van der Waals surface area contributed by atoms with Crippen LogP contribution in [-0.2, 0) is 0 Å². The highest BCUT2D eigenvalue weighted by Gasteiger charge is 2.22. The molecule has 110 valence electrons. The van der Waals surface area contributed by atoms with Gasteiger partial charge in [0.15, 0.2) is 0 Å². The van der Waals surface area contributed by atoms with Gasteiger partial charge in [0.25, 0.3) is 5.91 Å². The van der Waals surface area contributed by atoms with Gasteiger partial charge in [0.05, 0.1) is 5.56 Å². The molecule has 2 rings (SSSR count). The van der Waals surface area contributed by atoms with Gasteiger partial charge in [0.1, 0.15) is 5.82 Å². The summed E-state index contributed by atoms with van der Waals surface area (Å²) in [7, 11) is 0. The van der Waals surface area contributed by atoms with Crippen LogP contribution in [0.4, 0.5) is 4.39 Å². The number of halogens is 2. The molecule has 0 bridgehead atoms. The van der Waals surface area contributed by atoms with Gasteiger partial charge < -0.3 is 5.32 Å². The summed E-state index contributed by atoms with van der Waals surface area (Å²) in [5.41, 5.74) is 0.502. The molecule has 1 N–H and O–H groups in total. The van der Waals surface area contributed by atoms with Gasteiger partial charge in [-0.1, -0.05) is 19.8 Å². The Labute approximate surface area is 128 Å². The topological polar surface area (TPSA) is 29.1 Å². The second kappa shape index (κ2) is 7.21. The van der Waals surface area contributed by atoms with E-state index in [1.165, 1.54) is 43.9 Å². The molecular weight excluding hydrogens is 321 g/mol. The first kappa shape index (κ1) is 15.5. The smallest absolute Gasteiger partial charge is 0.252 e. The highest BCUT2D eigenvalue weighted by Crippen LogP contribution is 2.28. The molecule has 0 aliphatic heterocycles. The molecule has 4 heteroatoms. The largest absolute Gasteiger partial charge is 0.349 e. The Morgan fingerprint density at radius 3 is 2.65 bits per heavy atom. The summed E-state index contributed by atoms with van der Waals surface area (Å²) in [6.07, 6.45) is 7.03. The van der Waals surface area contributed by atoms with Crippen molar-refractivity contribution in [3.63, 3.8) is 0 Å². The third kappa shape index (κ3) is 4.05. The molecule has 1 aromatic rings. The van der Waals surface area contributed by atoms with Crippen LogP contribution in [0.2, 0.25) is 0 Å². The first-order valence-electron chi connectivity index (χ1n) is 7.36. The van der Waals surface area contributed by atoms with Gasteiger partial charge in [-0.05, 0) is 65.7 Å². The number of hydrogen-bond donors (Lipinski definition) is 1. The predicted octanol–water partition coefficient (Wildman–Crippen LogP) is 4.68. The minimum Gasteiger partial charge on any atom is -0.349 e. The maximum atomic E-state index is 13.0. The Hall–Kier alpha value is -0.900. The Morgan fingerprint density at radius 2 is 2.05 bits per heavy atom. The molecule has 1 fully saturated rings. The molecule has 0 unspecified atom stereocenters. The fraction of sp³-hybridized carbons (Fsp3) is 0.562. The fourth-order valence-electron chi connectivity index (χ4n) is 2.94. The van der Waals surface area contributed by atoms with Gasteiger partial charge in [-0.3, -0.25) is 4.79 Å². The zero-order valence-electron chi connectivity index (χ0n) is 11.8. The van der Waals surface area contributed by atoms with Crippen molar-refractivity contribution < 1.29 is 9.18 Å². The number of nitrogens with one attached hydrogen (secondary N) is 1. The van der Waals surface area contributed by atoms with Crippen LogP contribution >= 0.6 is 15.9 Å². The summed E-state index contributed by atoms with van der Waals surface area (Å²) < 4.78 is 13.5. The molecule has 1 aromatic carbocycles. The average molecular weight is 342 g/mol. The molecule has 20 heavy (non-hydrogen) atoms. The highest BCUT2D eigenvalue weighted by atomic mass is 79.9. The maximum absolute atomic E-state index is 13.0. The zero-order chi connectivity index (χ0) is 14.5. The molecule has 0 radical (unpaired) electrons. The Bertz CT molecular complexity index is 470. The molecule has 2 nitrogen and oxygen atoms in total. The quantitative estimate of drug-likeness (QED) is 0.846. The van der Waals surface area contributed by atoms with Crippen LogP contribution < -0.4 is 5.32 Å². The number of carbonyl (C=O) groups excluding carboxylic acids is 1. The fourth-order valence-corrected chi connectivity index (χ4v) is 3.47. The molecule has 0 saturated heterocycles.